The third kappa shape index (κ3) is 4.32. The van der Waals surface area contributed by atoms with Gasteiger partial charge in [-0.25, -0.2) is 0 Å². The molecule has 0 radical (unpaired) electrons. The highest BCUT2D eigenvalue weighted by molar-refractivity contribution is 6.43. The number of nitrogens with zero attached hydrogens (tertiary/aromatic N) is 1. The molecule has 2 rings (SSSR count). The number of nitrogens with one attached hydrogen (secondary N) is 1. The molecule has 1 N–H and O–H groups in total. The van der Waals surface area contributed by atoms with Gasteiger partial charge in [0.2, 0.25) is 0 Å². The fraction of sp³-hybridized carbons (Fsp3) is 0.471. The zero-order chi connectivity index (χ0) is 16.8. The van der Waals surface area contributed by atoms with E-state index in [-0.39, 0.29) is 11.6 Å². The number of allylic oxidation sites excluding steroid dienone is 1. The average molecular weight is 337 g/mol. The number of benzene rings is 1. The third-order valence-corrected chi connectivity index (χ3v) is 4.36. The van der Waals surface area contributed by atoms with Gasteiger partial charge in [-0.15, -0.1) is 0 Å². The molecule has 0 aliphatic carbocycles. The Balaban J connectivity index is 2.08. The summed E-state index contributed by atoms with van der Waals surface area (Å²) in [7, 11) is 0. The van der Waals surface area contributed by atoms with Gasteiger partial charge in [0, 0.05) is 28.4 Å². The number of halogens is 1. The van der Waals surface area contributed by atoms with Crippen LogP contribution in [0.25, 0.3) is 5.57 Å². The van der Waals surface area contributed by atoms with Gasteiger partial charge in [-0.05, 0) is 18.9 Å². The van der Waals surface area contributed by atoms with Crippen molar-refractivity contribution in [3.05, 3.63) is 38.9 Å². The Morgan fingerprint density at radius 2 is 1.91 bits per heavy atom. The van der Waals surface area contributed by atoms with E-state index in [2.05, 4.69) is 12.2 Å². The van der Waals surface area contributed by atoms with Gasteiger partial charge in [-0.2, -0.15) is 0 Å². The molecule has 1 aliphatic heterocycles. The molecule has 124 valence electrons. The summed E-state index contributed by atoms with van der Waals surface area (Å²) in [5.74, 6) is -0.281. The average Bonchev–Trinajstić information content (AvgIpc) is 2.85. The Kier molecular flexibility index (Phi) is 6.16. The Morgan fingerprint density at radius 1 is 1.22 bits per heavy atom. The molecule has 1 heterocycles. The number of amides is 1. The first-order chi connectivity index (χ1) is 11.0. The van der Waals surface area contributed by atoms with Gasteiger partial charge in [0.1, 0.15) is 0 Å². The Morgan fingerprint density at radius 3 is 2.61 bits per heavy atom. The summed E-state index contributed by atoms with van der Waals surface area (Å²) in [5.41, 5.74) is 1.44. The van der Waals surface area contributed by atoms with Crippen LogP contribution in [-0.4, -0.2) is 10.8 Å². The number of non-ortho nitro benzene ring substituents is 1. The summed E-state index contributed by atoms with van der Waals surface area (Å²) in [6.07, 6.45) is 7.46. The number of hydrogen-bond donors (Lipinski definition) is 1. The molecule has 0 atom stereocenters. The molecule has 0 spiro atoms. The minimum Gasteiger partial charge on any atom is -0.321 e. The van der Waals surface area contributed by atoms with Crippen molar-refractivity contribution in [2.45, 2.75) is 51.9 Å². The lowest BCUT2D eigenvalue weighted by atomic mass is 10.0. The first kappa shape index (κ1) is 17.5. The van der Waals surface area contributed by atoms with Crippen LogP contribution >= 0.6 is 11.6 Å². The van der Waals surface area contributed by atoms with Crippen molar-refractivity contribution < 1.29 is 9.72 Å². The van der Waals surface area contributed by atoms with E-state index in [1.165, 1.54) is 37.8 Å². The predicted octanol–water partition coefficient (Wildman–Crippen LogP) is 5.25. The van der Waals surface area contributed by atoms with E-state index in [4.69, 9.17) is 11.6 Å². The molecule has 1 aliphatic rings. The quantitative estimate of drug-likeness (QED) is 0.305. The molecule has 0 saturated carbocycles. The summed E-state index contributed by atoms with van der Waals surface area (Å²) in [6, 6.07) is 4.34. The molecule has 0 bridgehead atoms. The SMILES string of the molecule is CCCCCCCC/C(Cl)=C1\C(=O)Nc2ccc([N+](=O)[O-])cc21. The summed E-state index contributed by atoms with van der Waals surface area (Å²) >= 11 is 6.33. The molecular weight excluding hydrogens is 316 g/mol. The molecule has 23 heavy (non-hydrogen) atoms. The van der Waals surface area contributed by atoms with Crippen LogP contribution in [0.5, 0.6) is 0 Å². The van der Waals surface area contributed by atoms with E-state index in [9.17, 15) is 14.9 Å². The molecule has 0 unspecified atom stereocenters. The highest BCUT2D eigenvalue weighted by Gasteiger charge is 2.28. The number of fused-ring (bicyclic) bond motifs is 1. The van der Waals surface area contributed by atoms with Crippen LogP contribution in [0, 0.1) is 10.1 Å². The van der Waals surface area contributed by atoms with Crippen LogP contribution in [0.4, 0.5) is 11.4 Å². The number of carbonyl (C=O) groups excluding carboxylic acids is 1. The third-order valence-electron chi connectivity index (χ3n) is 3.98. The number of nitro benzene ring substituents is 1. The van der Waals surface area contributed by atoms with Gasteiger partial charge in [-0.1, -0.05) is 50.6 Å². The van der Waals surface area contributed by atoms with E-state index < -0.39 is 4.92 Å². The standard InChI is InChI=1S/C17H21ClN2O3/c1-2-3-4-5-6-7-8-14(18)16-13-11-12(20(22)23)9-10-15(13)19-17(16)21/h9-11H,2-8H2,1H3,(H,19,21)/b16-14+. The fourth-order valence-corrected chi connectivity index (χ4v) is 3.04. The smallest absolute Gasteiger partial charge is 0.270 e. The van der Waals surface area contributed by atoms with Gasteiger partial charge < -0.3 is 5.32 Å². The van der Waals surface area contributed by atoms with Crippen LogP contribution < -0.4 is 5.32 Å². The van der Waals surface area contributed by atoms with Crippen molar-refractivity contribution in [1.29, 1.82) is 0 Å². The van der Waals surface area contributed by atoms with Crippen LogP contribution in [0.2, 0.25) is 0 Å². The topological polar surface area (TPSA) is 72.2 Å². The number of hydrogen-bond acceptors (Lipinski definition) is 3. The molecule has 1 amide bonds. The monoisotopic (exact) mass is 336 g/mol. The Hall–Kier alpha value is -1.88. The second kappa shape index (κ2) is 8.11. The van der Waals surface area contributed by atoms with Gasteiger partial charge in [0.25, 0.3) is 11.6 Å². The molecule has 1 aromatic rings. The van der Waals surface area contributed by atoms with Gasteiger partial charge in [-0.3, -0.25) is 14.9 Å². The van der Waals surface area contributed by atoms with Crippen LogP contribution in [0.3, 0.4) is 0 Å². The molecule has 5 nitrogen and oxygen atoms in total. The summed E-state index contributed by atoms with van der Waals surface area (Å²) in [6.45, 7) is 2.18. The van der Waals surface area contributed by atoms with E-state index in [0.29, 0.717) is 28.3 Å². The predicted molar refractivity (Wildman–Crippen MR) is 92.5 cm³/mol. The second-order valence-electron chi connectivity index (χ2n) is 5.74. The zero-order valence-corrected chi connectivity index (χ0v) is 14.0. The Bertz CT molecular complexity index is 641. The van der Waals surface area contributed by atoms with Crippen molar-refractivity contribution >= 4 is 34.5 Å². The van der Waals surface area contributed by atoms with Crippen LogP contribution in [-0.2, 0) is 4.79 Å². The number of carbonyl (C=O) groups is 1. The maximum Gasteiger partial charge on any atom is 0.270 e. The lowest BCUT2D eigenvalue weighted by molar-refractivity contribution is -0.384. The van der Waals surface area contributed by atoms with Crippen molar-refractivity contribution in [1.82, 2.24) is 0 Å². The van der Waals surface area contributed by atoms with E-state index in [1.54, 1.807) is 6.07 Å². The van der Waals surface area contributed by atoms with Crippen LogP contribution in [0.1, 0.15) is 57.4 Å². The maximum absolute atomic E-state index is 12.1. The normalized spacial score (nSPS) is 15.3. The van der Waals surface area contributed by atoms with Crippen molar-refractivity contribution in [3.63, 3.8) is 0 Å². The number of anilines is 1. The van der Waals surface area contributed by atoms with Gasteiger partial charge in [0.05, 0.1) is 10.5 Å². The minimum absolute atomic E-state index is 0.0400. The minimum atomic E-state index is -0.470. The Labute approximate surface area is 140 Å². The molecule has 6 heteroatoms. The lowest BCUT2D eigenvalue weighted by Crippen LogP contribution is -2.04. The molecule has 0 saturated heterocycles. The highest BCUT2D eigenvalue weighted by Crippen LogP contribution is 2.38. The zero-order valence-electron chi connectivity index (χ0n) is 13.2. The van der Waals surface area contributed by atoms with Crippen molar-refractivity contribution in [3.8, 4) is 0 Å². The molecule has 0 aromatic heterocycles. The number of rotatable bonds is 8. The number of unbranched alkanes of at least 4 members (excludes halogenated alkanes) is 5. The van der Waals surface area contributed by atoms with E-state index in [0.717, 1.165) is 12.8 Å². The maximum atomic E-state index is 12.1. The number of nitro groups is 1. The van der Waals surface area contributed by atoms with Crippen LogP contribution in [0.15, 0.2) is 23.2 Å². The van der Waals surface area contributed by atoms with Gasteiger partial charge >= 0.3 is 0 Å². The van der Waals surface area contributed by atoms with E-state index >= 15 is 0 Å². The van der Waals surface area contributed by atoms with Crippen molar-refractivity contribution in [2.24, 2.45) is 0 Å². The molecule has 1 aromatic carbocycles. The van der Waals surface area contributed by atoms with E-state index in [1.807, 2.05) is 0 Å². The highest BCUT2D eigenvalue weighted by atomic mass is 35.5. The van der Waals surface area contributed by atoms with Crippen molar-refractivity contribution in [2.75, 3.05) is 5.32 Å². The fourth-order valence-electron chi connectivity index (χ4n) is 2.72. The first-order valence-corrected chi connectivity index (χ1v) is 8.41. The van der Waals surface area contributed by atoms with Gasteiger partial charge in [0.15, 0.2) is 0 Å². The first-order valence-electron chi connectivity index (χ1n) is 8.03. The second-order valence-corrected chi connectivity index (χ2v) is 6.20. The summed E-state index contributed by atoms with van der Waals surface area (Å²) in [5, 5.41) is 14.1. The molecule has 0 fully saturated rings. The lowest BCUT2D eigenvalue weighted by Gasteiger charge is -2.04. The largest absolute Gasteiger partial charge is 0.321 e. The summed E-state index contributed by atoms with van der Waals surface area (Å²) < 4.78 is 0. The molecular formula is C17H21ClN2O3. The summed E-state index contributed by atoms with van der Waals surface area (Å²) in [4.78, 5) is 22.5.